The van der Waals surface area contributed by atoms with E-state index in [1.165, 1.54) is 0 Å². The summed E-state index contributed by atoms with van der Waals surface area (Å²) >= 11 is 3.19. The first kappa shape index (κ1) is 15.2. The largest absolute Gasteiger partial charge is 0.394 e. The smallest absolute Gasteiger partial charge is 0.226 e. The molecule has 1 atom stereocenters. The van der Waals surface area contributed by atoms with Crippen LogP contribution in [0.15, 0.2) is 22.9 Å². The molecule has 0 saturated heterocycles. The predicted molar refractivity (Wildman–Crippen MR) is 83.0 cm³/mol. The standard InChI is InChI=1S/C14H18N2O2S2/c1-9(2)11(7-17)16-13(18)6-10-8-20-14(15-10)12-4-3-5-19-12/h3-5,8-9,11,17H,6-7H2,1-2H3,(H,16,18)/t11-/m1/s1. The van der Waals surface area contributed by atoms with Crippen LogP contribution in [0.2, 0.25) is 0 Å². The van der Waals surface area contributed by atoms with Crippen molar-refractivity contribution in [2.45, 2.75) is 26.3 Å². The zero-order chi connectivity index (χ0) is 14.5. The molecule has 0 aromatic carbocycles. The van der Waals surface area contributed by atoms with Gasteiger partial charge in [-0.15, -0.1) is 22.7 Å². The average Bonchev–Trinajstić information content (AvgIpc) is 3.05. The number of nitrogens with one attached hydrogen (secondary N) is 1. The molecular formula is C14H18N2O2S2. The SMILES string of the molecule is CC(C)[C@@H](CO)NC(=O)Cc1csc(-c2cccs2)n1. The van der Waals surface area contributed by atoms with Crippen molar-refractivity contribution in [2.24, 2.45) is 5.92 Å². The van der Waals surface area contributed by atoms with Gasteiger partial charge in [0.25, 0.3) is 0 Å². The van der Waals surface area contributed by atoms with Gasteiger partial charge in [-0.05, 0) is 17.4 Å². The first-order valence-electron chi connectivity index (χ1n) is 6.48. The van der Waals surface area contributed by atoms with Gasteiger partial charge >= 0.3 is 0 Å². The fraction of sp³-hybridized carbons (Fsp3) is 0.429. The molecule has 1 amide bonds. The lowest BCUT2D eigenvalue weighted by atomic mass is 10.1. The summed E-state index contributed by atoms with van der Waals surface area (Å²) in [6, 6.07) is 3.81. The van der Waals surface area contributed by atoms with Crippen molar-refractivity contribution in [3.05, 3.63) is 28.6 Å². The second-order valence-electron chi connectivity index (χ2n) is 4.90. The minimum Gasteiger partial charge on any atom is -0.394 e. The minimum absolute atomic E-state index is 0.0408. The highest BCUT2D eigenvalue weighted by Crippen LogP contribution is 2.27. The molecule has 108 valence electrons. The van der Waals surface area contributed by atoms with Crippen LogP contribution in [0.1, 0.15) is 19.5 Å². The van der Waals surface area contributed by atoms with E-state index in [1.54, 1.807) is 22.7 Å². The average molecular weight is 310 g/mol. The molecule has 0 bridgehead atoms. The number of hydrogen-bond donors (Lipinski definition) is 2. The Balaban J connectivity index is 1.95. The highest BCUT2D eigenvalue weighted by atomic mass is 32.1. The molecule has 0 aliphatic carbocycles. The molecule has 6 heteroatoms. The first-order chi connectivity index (χ1) is 9.60. The lowest BCUT2D eigenvalue weighted by Crippen LogP contribution is -2.41. The van der Waals surface area contributed by atoms with Crippen LogP contribution in [0, 0.1) is 5.92 Å². The number of aromatic nitrogens is 1. The zero-order valence-corrected chi connectivity index (χ0v) is 13.1. The Hall–Kier alpha value is -1.24. The van der Waals surface area contributed by atoms with E-state index in [9.17, 15) is 9.90 Å². The Kier molecular flexibility index (Phi) is 5.28. The molecule has 0 unspecified atom stereocenters. The monoisotopic (exact) mass is 310 g/mol. The van der Waals surface area contributed by atoms with Gasteiger partial charge in [0.15, 0.2) is 0 Å². The molecule has 0 fully saturated rings. The minimum atomic E-state index is -0.196. The molecule has 20 heavy (non-hydrogen) atoms. The van der Waals surface area contributed by atoms with Gasteiger partial charge in [-0.25, -0.2) is 4.98 Å². The Morgan fingerprint density at radius 3 is 2.85 bits per heavy atom. The second-order valence-corrected chi connectivity index (χ2v) is 6.70. The topological polar surface area (TPSA) is 62.2 Å². The van der Waals surface area contributed by atoms with Gasteiger partial charge in [0.05, 0.1) is 29.6 Å². The van der Waals surface area contributed by atoms with Crippen molar-refractivity contribution in [3.8, 4) is 9.88 Å². The summed E-state index contributed by atoms with van der Waals surface area (Å²) in [6.45, 7) is 3.90. The van der Waals surface area contributed by atoms with Crippen LogP contribution >= 0.6 is 22.7 Å². The van der Waals surface area contributed by atoms with Crippen LogP contribution in [-0.4, -0.2) is 28.6 Å². The van der Waals surface area contributed by atoms with Crippen molar-refractivity contribution in [3.63, 3.8) is 0 Å². The third-order valence-corrected chi connectivity index (χ3v) is 4.90. The van der Waals surface area contributed by atoms with E-state index in [-0.39, 0.29) is 30.9 Å². The molecule has 0 aliphatic heterocycles. The van der Waals surface area contributed by atoms with Crippen molar-refractivity contribution in [1.82, 2.24) is 10.3 Å². The van der Waals surface area contributed by atoms with Gasteiger partial charge in [-0.3, -0.25) is 4.79 Å². The summed E-state index contributed by atoms with van der Waals surface area (Å²) in [5.74, 6) is 0.113. The van der Waals surface area contributed by atoms with Crippen LogP contribution in [0.4, 0.5) is 0 Å². The summed E-state index contributed by atoms with van der Waals surface area (Å²) in [6.07, 6.45) is 0.255. The quantitative estimate of drug-likeness (QED) is 0.862. The number of thiophene rings is 1. The van der Waals surface area contributed by atoms with Crippen LogP contribution in [0.3, 0.4) is 0 Å². The number of aliphatic hydroxyl groups is 1. The predicted octanol–water partition coefficient (Wildman–Crippen LogP) is 2.55. The van der Waals surface area contributed by atoms with Crippen LogP contribution < -0.4 is 5.32 Å². The maximum absolute atomic E-state index is 11.9. The molecule has 2 aromatic rings. The molecule has 0 aliphatic rings. The lowest BCUT2D eigenvalue weighted by molar-refractivity contribution is -0.121. The molecular weight excluding hydrogens is 292 g/mol. The van der Waals surface area contributed by atoms with E-state index >= 15 is 0 Å². The number of carbonyl (C=O) groups excluding carboxylic acids is 1. The van der Waals surface area contributed by atoms with Crippen molar-refractivity contribution >= 4 is 28.6 Å². The van der Waals surface area contributed by atoms with Crippen molar-refractivity contribution in [2.75, 3.05) is 6.61 Å². The number of aliphatic hydroxyl groups excluding tert-OH is 1. The van der Waals surface area contributed by atoms with E-state index in [0.717, 1.165) is 15.6 Å². The molecule has 2 heterocycles. The Morgan fingerprint density at radius 1 is 1.45 bits per heavy atom. The van der Waals surface area contributed by atoms with E-state index in [1.807, 2.05) is 36.7 Å². The highest BCUT2D eigenvalue weighted by molar-refractivity contribution is 7.20. The summed E-state index contributed by atoms with van der Waals surface area (Å²) in [5, 5.41) is 16.9. The number of thiazole rings is 1. The van der Waals surface area contributed by atoms with Gasteiger partial charge in [-0.1, -0.05) is 19.9 Å². The third kappa shape index (κ3) is 3.88. The number of hydrogen-bond acceptors (Lipinski definition) is 5. The summed E-state index contributed by atoms with van der Waals surface area (Å²) in [4.78, 5) is 17.5. The van der Waals surface area contributed by atoms with E-state index in [2.05, 4.69) is 10.3 Å². The van der Waals surface area contributed by atoms with Crippen LogP contribution in [0.25, 0.3) is 9.88 Å². The first-order valence-corrected chi connectivity index (χ1v) is 8.24. The Labute approximate surface area is 126 Å². The van der Waals surface area contributed by atoms with E-state index < -0.39 is 0 Å². The molecule has 0 spiro atoms. The van der Waals surface area contributed by atoms with Gasteiger partial charge < -0.3 is 10.4 Å². The van der Waals surface area contributed by atoms with E-state index in [0.29, 0.717) is 0 Å². The molecule has 2 N–H and O–H groups in total. The third-order valence-electron chi connectivity index (χ3n) is 2.97. The summed E-state index contributed by atoms with van der Waals surface area (Å²) in [7, 11) is 0. The van der Waals surface area contributed by atoms with Gasteiger partial charge in [0, 0.05) is 5.38 Å². The fourth-order valence-electron chi connectivity index (χ4n) is 1.75. The Morgan fingerprint density at radius 2 is 2.25 bits per heavy atom. The van der Waals surface area contributed by atoms with Crippen LogP contribution in [0.5, 0.6) is 0 Å². The normalized spacial score (nSPS) is 12.6. The summed E-state index contributed by atoms with van der Waals surface area (Å²) < 4.78 is 0. The maximum atomic E-state index is 11.9. The summed E-state index contributed by atoms with van der Waals surface area (Å²) in [5.41, 5.74) is 0.774. The molecule has 2 rings (SSSR count). The highest BCUT2D eigenvalue weighted by Gasteiger charge is 2.16. The van der Waals surface area contributed by atoms with Crippen LogP contribution in [-0.2, 0) is 11.2 Å². The zero-order valence-electron chi connectivity index (χ0n) is 11.5. The lowest BCUT2D eigenvalue weighted by Gasteiger charge is -2.19. The molecule has 4 nitrogen and oxygen atoms in total. The number of nitrogens with zero attached hydrogens (tertiary/aromatic N) is 1. The molecule has 0 radical (unpaired) electrons. The Bertz CT molecular complexity index is 549. The van der Waals surface area contributed by atoms with Crippen molar-refractivity contribution < 1.29 is 9.90 Å². The van der Waals surface area contributed by atoms with Gasteiger partial charge in [-0.2, -0.15) is 0 Å². The number of amides is 1. The fourth-order valence-corrected chi connectivity index (χ4v) is 3.38. The van der Waals surface area contributed by atoms with Gasteiger partial charge in [0.1, 0.15) is 5.01 Å². The molecule has 2 aromatic heterocycles. The number of rotatable bonds is 6. The maximum Gasteiger partial charge on any atom is 0.226 e. The number of carbonyl (C=O) groups is 1. The van der Waals surface area contributed by atoms with E-state index in [4.69, 9.17) is 0 Å². The molecule has 0 saturated carbocycles. The van der Waals surface area contributed by atoms with Gasteiger partial charge in [0.2, 0.25) is 5.91 Å². The van der Waals surface area contributed by atoms with Crippen molar-refractivity contribution in [1.29, 1.82) is 0 Å². The second kappa shape index (κ2) is 6.97.